The molecule has 0 unspecified atom stereocenters. The normalized spacial score (nSPS) is 11.7. The molecule has 0 bridgehead atoms. The van der Waals surface area contributed by atoms with Crippen molar-refractivity contribution in [3.63, 3.8) is 0 Å². The van der Waals surface area contributed by atoms with E-state index in [1.54, 1.807) is 25.7 Å². The molecule has 118 valence electrons. The van der Waals surface area contributed by atoms with Crippen LogP contribution in [0.5, 0.6) is 0 Å². The van der Waals surface area contributed by atoms with Crippen LogP contribution in [0.1, 0.15) is 0 Å². The number of hydrogen-bond donors (Lipinski definition) is 1. The van der Waals surface area contributed by atoms with Crippen LogP contribution in [0, 0.1) is 0 Å². The molecule has 0 aliphatic carbocycles. The molecule has 0 spiro atoms. The van der Waals surface area contributed by atoms with E-state index in [4.69, 9.17) is 11.6 Å². The van der Waals surface area contributed by atoms with Crippen molar-refractivity contribution in [3.8, 4) is 0 Å². The van der Waals surface area contributed by atoms with Crippen molar-refractivity contribution in [3.05, 3.63) is 40.6 Å². The van der Waals surface area contributed by atoms with Gasteiger partial charge < -0.3 is 9.88 Å². The molecule has 3 aromatic rings. The van der Waals surface area contributed by atoms with Gasteiger partial charge in [-0.2, -0.15) is 4.98 Å². The first-order valence-corrected chi connectivity index (χ1v) is 10.4. The van der Waals surface area contributed by atoms with Crippen LogP contribution < -0.4 is 10.6 Å². The Kier molecular flexibility index (Phi) is 4.36. The number of nitrogens with one attached hydrogen (secondary N) is 1. The zero-order valence-corrected chi connectivity index (χ0v) is 15.5. The molecule has 1 N–H and O–H groups in total. The lowest BCUT2D eigenvalue weighted by atomic mass is 10.2. The maximum Gasteiger partial charge on any atom is 0.224 e. The minimum absolute atomic E-state index is 0.123. The van der Waals surface area contributed by atoms with Gasteiger partial charge in [-0.1, -0.05) is 0 Å². The van der Waals surface area contributed by atoms with Crippen LogP contribution in [0.15, 0.2) is 35.3 Å². The Labute approximate surface area is 146 Å². The van der Waals surface area contributed by atoms with E-state index in [-0.39, 0.29) is 5.28 Å². The van der Waals surface area contributed by atoms with E-state index in [1.165, 1.54) is 6.33 Å². The minimum Gasteiger partial charge on any atom is -0.339 e. The fourth-order valence-corrected chi connectivity index (χ4v) is 4.17. The highest BCUT2D eigenvalue weighted by atomic mass is 79.9. The highest BCUT2D eigenvalue weighted by Gasteiger charge is 2.21. The zero-order chi connectivity index (χ0) is 16.6. The van der Waals surface area contributed by atoms with Gasteiger partial charge in [0.1, 0.15) is 19.3 Å². The molecule has 0 fully saturated rings. The van der Waals surface area contributed by atoms with Crippen molar-refractivity contribution in [2.45, 2.75) is 0 Å². The first-order chi connectivity index (χ1) is 10.9. The summed E-state index contributed by atoms with van der Waals surface area (Å²) in [6.07, 6.45) is 4.69. The lowest BCUT2D eigenvalue weighted by Crippen LogP contribution is -2.13. The van der Waals surface area contributed by atoms with Gasteiger partial charge in [-0.15, -0.1) is 0 Å². The number of fused-ring (bicyclic) bond motifs is 1. The van der Waals surface area contributed by atoms with E-state index in [0.717, 1.165) is 10.9 Å². The smallest absolute Gasteiger partial charge is 0.224 e. The number of anilines is 2. The SMILES string of the molecule is CP(C)(=O)c1c(Nc2nc(Cl)ncc2Br)ccc2ncncc12. The molecule has 1 aromatic carbocycles. The van der Waals surface area contributed by atoms with E-state index < -0.39 is 7.14 Å². The number of nitrogens with zero attached hydrogens (tertiary/aromatic N) is 4. The molecule has 0 atom stereocenters. The van der Waals surface area contributed by atoms with E-state index in [2.05, 4.69) is 41.2 Å². The summed E-state index contributed by atoms with van der Waals surface area (Å²) >= 11 is 9.22. The molecular weight excluding hydrogens is 401 g/mol. The first-order valence-electron chi connectivity index (χ1n) is 6.59. The molecule has 2 heterocycles. The van der Waals surface area contributed by atoms with Crippen molar-refractivity contribution >= 4 is 62.4 Å². The molecule has 23 heavy (non-hydrogen) atoms. The Bertz CT molecular complexity index is 946. The molecule has 0 amide bonds. The van der Waals surface area contributed by atoms with E-state index in [1.807, 2.05) is 12.1 Å². The second kappa shape index (κ2) is 6.15. The van der Waals surface area contributed by atoms with Crippen molar-refractivity contribution in [2.75, 3.05) is 18.6 Å². The third-order valence-electron chi connectivity index (χ3n) is 3.17. The molecule has 0 saturated heterocycles. The summed E-state index contributed by atoms with van der Waals surface area (Å²) in [4.78, 5) is 16.3. The zero-order valence-electron chi connectivity index (χ0n) is 12.3. The van der Waals surface area contributed by atoms with E-state index in [0.29, 0.717) is 21.3 Å². The summed E-state index contributed by atoms with van der Waals surface area (Å²) in [7, 11) is -2.60. The molecule has 3 rings (SSSR count). The summed E-state index contributed by atoms with van der Waals surface area (Å²) in [5.74, 6) is 0.496. The van der Waals surface area contributed by atoms with Crippen LogP contribution in [0.3, 0.4) is 0 Å². The van der Waals surface area contributed by atoms with Crippen molar-refractivity contribution in [1.29, 1.82) is 0 Å². The van der Waals surface area contributed by atoms with Gasteiger partial charge in [-0.05, 0) is 53.0 Å². The Morgan fingerprint density at radius 2 is 2.00 bits per heavy atom. The van der Waals surface area contributed by atoms with Crippen molar-refractivity contribution < 1.29 is 4.57 Å². The average Bonchev–Trinajstić information content (AvgIpc) is 2.49. The lowest BCUT2D eigenvalue weighted by molar-refractivity contribution is 0.588. The van der Waals surface area contributed by atoms with Gasteiger partial charge in [0.15, 0.2) is 0 Å². The number of benzene rings is 1. The standard InChI is InChI=1S/C14H12BrClN5OP/c1-23(2,22)12-8-5-17-7-19-10(8)3-4-11(12)20-13-9(15)6-18-14(16)21-13/h3-7H,1-2H3,(H,18,20,21). The van der Waals surface area contributed by atoms with Gasteiger partial charge in [0.2, 0.25) is 5.28 Å². The second-order valence-electron chi connectivity index (χ2n) is 5.23. The lowest BCUT2D eigenvalue weighted by Gasteiger charge is -2.17. The van der Waals surface area contributed by atoms with Crippen LogP contribution in [0.4, 0.5) is 11.5 Å². The van der Waals surface area contributed by atoms with Gasteiger partial charge in [0, 0.05) is 23.1 Å². The monoisotopic (exact) mass is 411 g/mol. The number of hydrogen-bond acceptors (Lipinski definition) is 6. The highest BCUT2D eigenvalue weighted by molar-refractivity contribution is 9.10. The van der Waals surface area contributed by atoms with Crippen LogP contribution in [0.25, 0.3) is 10.9 Å². The second-order valence-corrected chi connectivity index (χ2v) is 9.57. The summed E-state index contributed by atoms with van der Waals surface area (Å²) in [6, 6.07) is 3.67. The van der Waals surface area contributed by atoms with Gasteiger partial charge in [0.05, 0.1) is 15.7 Å². The molecule has 9 heteroatoms. The Morgan fingerprint density at radius 3 is 2.74 bits per heavy atom. The molecule has 0 saturated carbocycles. The molecule has 2 aromatic heterocycles. The fraction of sp³-hybridized carbons (Fsp3) is 0.143. The molecule has 0 radical (unpaired) electrons. The largest absolute Gasteiger partial charge is 0.339 e. The van der Waals surface area contributed by atoms with E-state index in [9.17, 15) is 4.57 Å². The van der Waals surface area contributed by atoms with Gasteiger partial charge in [0.25, 0.3) is 0 Å². The number of aromatic nitrogens is 4. The predicted molar refractivity (Wildman–Crippen MR) is 96.7 cm³/mol. The molecule has 0 aliphatic heterocycles. The molecule has 0 aliphatic rings. The highest BCUT2D eigenvalue weighted by Crippen LogP contribution is 2.41. The minimum atomic E-state index is -2.60. The predicted octanol–water partition coefficient (Wildman–Crippen LogP) is 3.83. The third kappa shape index (κ3) is 3.37. The van der Waals surface area contributed by atoms with Gasteiger partial charge in [-0.25, -0.2) is 15.0 Å². The third-order valence-corrected chi connectivity index (χ3v) is 5.49. The number of rotatable bonds is 3. The molecule has 6 nitrogen and oxygen atoms in total. The van der Waals surface area contributed by atoms with Gasteiger partial charge in [-0.3, -0.25) is 0 Å². The molecular formula is C14H12BrClN5OP. The quantitative estimate of drug-likeness (QED) is 0.520. The van der Waals surface area contributed by atoms with Gasteiger partial charge >= 0.3 is 0 Å². The topological polar surface area (TPSA) is 80.7 Å². The van der Waals surface area contributed by atoms with E-state index >= 15 is 0 Å². The van der Waals surface area contributed by atoms with Crippen LogP contribution in [-0.2, 0) is 4.57 Å². The van der Waals surface area contributed by atoms with Crippen LogP contribution in [0.2, 0.25) is 5.28 Å². The Morgan fingerprint density at radius 1 is 1.22 bits per heavy atom. The first kappa shape index (κ1) is 16.3. The van der Waals surface area contributed by atoms with Crippen molar-refractivity contribution in [2.24, 2.45) is 0 Å². The Balaban J connectivity index is 2.21. The van der Waals surface area contributed by atoms with Crippen molar-refractivity contribution in [1.82, 2.24) is 19.9 Å². The maximum absolute atomic E-state index is 12.8. The summed E-state index contributed by atoms with van der Waals surface area (Å²) < 4.78 is 13.5. The maximum atomic E-state index is 12.8. The average molecular weight is 413 g/mol. The van der Waals surface area contributed by atoms with Crippen LogP contribution >= 0.6 is 34.7 Å². The Hall–Kier alpha value is -1.56. The summed E-state index contributed by atoms with van der Waals surface area (Å²) in [5, 5.41) is 4.72. The summed E-state index contributed by atoms with van der Waals surface area (Å²) in [6.45, 7) is 3.42. The van der Waals surface area contributed by atoms with Crippen LogP contribution in [-0.4, -0.2) is 33.3 Å². The number of halogens is 2. The summed E-state index contributed by atoms with van der Waals surface area (Å²) in [5.41, 5.74) is 1.42. The fourth-order valence-electron chi connectivity index (χ4n) is 2.28.